The lowest BCUT2D eigenvalue weighted by Gasteiger charge is -2.08. The fourth-order valence-corrected chi connectivity index (χ4v) is 2.02. The molecule has 0 saturated carbocycles. The van der Waals surface area contributed by atoms with E-state index in [0.29, 0.717) is 5.69 Å². The number of rotatable bonds is 6. The Bertz CT molecular complexity index is 728. The van der Waals surface area contributed by atoms with Crippen LogP contribution in [0.1, 0.15) is 22.8 Å². The Hall–Kier alpha value is -2.89. The lowest BCUT2D eigenvalue weighted by Crippen LogP contribution is -2.21. The lowest BCUT2D eigenvalue weighted by molar-refractivity contribution is -0.119. The summed E-state index contributed by atoms with van der Waals surface area (Å²) in [7, 11) is 1.39. The Balaban J connectivity index is 1.89. The van der Waals surface area contributed by atoms with Crippen LogP contribution in [-0.4, -0.2) is 25.6 Å². The number of halogens is 1. The third-order valence-electron chi connectivity index (χ3n) is 3.38. The molecule has 0 saturated heterocycles. The zero-order valence-corrected chi connectivity index (χ0v) is 13.5. The summed E-state index contributed by atoms with van der Waals surface area (Å²) in [5.74, 6) is -1.89. The van der Waals surface area contributed by atoms with Gasteiger partial charge in [-0.25, -0.2) is 9.18 Å². The van der Waals surface area contributed by atoms with E-state index in [0.717, 1.165) is 18.1 Å². The second-order valence-electron chi connectivity index (χ2n) is 5.02. The van der Waals surface area contributed by atoms with Gasteiger partial charge in [0.25, 0.3) is 5.91 Å². The Morgan fingerprint density at radius 1 is 1.12 bits per heavy atom. The molecule has 0 radical (unpaired) electrons. The van der Waals surface area contributed by atoms with Crippen LogP contribution in [-0.2, 0) is 16.0 Å². The molecular weight excluding hydrogens is 313 g/mol. The Kier molecular flexibility index (Phi) is 5.89. The molecule has 0 aliphatic carbocycles. The molecule has 126 valence electrons. The van der Waals surface area contributed by atoms with Crippen LogP contribution in [0.3, 0.4) is 0 Å². The highest BCUT2D eigenvalue weighted by molar-refractivity contribution is 5.95. The smallest absolute Gasteiger partial charge is 0.341 e. The van der Waals surface area contributed by atoms with Crippen molar-refractivity contribution >= 4 is 17.6 Å². The standard InChI is InChI=1S/C18H18FNO4/c1-3-12-4-6-13(7-5-12)20-17(21)11-24-18(22)15-9-8-14(23-2)10-16(15)19/h4-10H,3,11H2,1-2H3,(H,20,21). The van der Waals surface area contributed by atoms with Crippen molar-refractivity contribution in [3.8, 4) is 5.75 Å². The highest BCUT2D eigenvalue weighted by Crippen LogP contribution is 2.17. The topological polar surface area (TPSA) is 64.6 Å². The van der Waals surface area contributed by atoms with E-state index in [-0.39, 0.29) is 11.3 Å². The molecule has 6 heteroatoms. The van der Waals surface area contributed by atoms with Gasteiger partial charge in [-0.05, 0) is 36.2 Å². The second kappa shape index (κ2) is 8.10. The highest BCUT2D eigenvalue weighted by atomic mass is 19.1. The average molecular weight is 331 g/mol. The number of amides is 1. The molecule has 2 rings (SSSR count). The van der Waals surface area contributed by atoms with Gasteiger partial charge in [-0.15, -0.1) is 0 Å². The van der Waals surface area contributed by atoms with Gasteiger partial charge in [0.1, 0.15) is 11.6 Å². The van der Waals surface area contributed by atoms with Crippen LogP contribution in [0.5, 0.6) is 5.75 Å². The number of hydrogen-bond acceptors (Lipinski definition) is 4. The van der Waals surface area contributed by atoms with E-state index >= 15 is 0 Å². The maximum atomic E-state index is 13.7. The summed E-state index contributed by atoms with van der Waals surface area (Å²) < 4.78 is 23.4. The first-order valence-corrected chi connectivity index (χ1v) is 7.43. The zero-order chi connectivity index (χ0) is 17.5. The Morgan fingerprint density at radius 2 is 1.83 bits per heavy atom. The zero-order valence-electron chi connectivity index (χ0n) is 13.5. The molecule has 0 aliphatic rings. The van der Waals surface area contributed by atoms with Gasteiger partial charge in [0.15, 0.2) is 6.61 Å². The molecule has 24 heavy (non-hydrogen) atoms. The van der Waals surface area contributed by atoms with E-state index in [1.807, 2.05) is 19.1 Å². The maximum Gasteiger partial charge on any atom is 0.341 e. The maximum absolute atomic E-state index is 13.7. The molecule has 0 spiro atoms. The van der Waals surface area contributed by atoms with Crippen molar-refractivity contribution in [3.05, 3.63) is 59.4 Å². The largest absolute Gasteiger partial charge is 0.497 e. The van der Waals surface area contributed by atoms with Crippen molar-refractivity contribution in [1.82, 2.24) is 0 Å². The molecule has 5 nitrogen and oxygen atoms in total. The van der Waals surface area contributed by atoms with Crippen molar-refractivity contribution in [1.29, 1.82) is 0 Å². The predicted molar refractivity (Wildman–Crippen MR) is 87.7 cm³/mol. The average Bonchev–Trinajstić information content (AvgIpc) is 2.60. The van der Waals surface area contributed by atoms with Crippen LogP contribution >= 0.6 is 0 Å². The molecule has 0 atom stereocenters. The van der Waals surface area contributed by atoms with Gasteiger partial charge in [0, 0.05) is 11.8 Å². The van der Waals surface area contributed by atoms with E-state index in [9.17, 15) is 14.0 Å². The molecule has 2 aromatic rings. The number of hydrogen-bond donors (Lipinski definition) is 1. The van der Waals surface area contributed by atoms with Crippen molar-refractivity contribution in [2.24, 2.45) is 0 Å². The molecule has 0 fully saturated rings. The SMILES string of the molecule is CCc1ccc(NC(=O)COC(=O)c2ccc(OC)cc2F)cc1. The minimum atomic E-state index is -0.911. The summed E-state index contributed by atoms with van der Waals surface area (Å²) in [5.41, 5.74) is 1.49. The van der Waals surface area contributed by atoms with Gasteiger partial charge >= 0.3 is 5.97 Å². The fraction of sp³-hybridized carbons (Fsp3) is 0.222. The third-order valence-corrected chi connectivity index (χ3v) is 3.38. The van der Waals surface area contributed by atoms with Crippen LogP contribution < -0.4 is 10.1 Å². The summed E-state index contributed by atoms with van der Waals surface area (Å²) in [6, 6.07) is 11.1. The summed E-state index contributed by atoms with van der Waals surface area (Å²) in [6.07, 6.45) is 0.902. The third kappa shape index (κ3) is 4.55. The lowest BCUT2D eigenvalue weighted by atomic mass is 10.1. The van der Waals surface area contributed by atoms with Crippen molar-refractivity contribution < 1.29 is 23.5 Å². The molecule has 0 bridgehead atoms. The first-order valence-electron chi connectivity index (χ1n) is 7.43. The van der Waals surface area contributed by atoms with Crippen LogP contribution in [0.4, 0.5) is 10.1 Å². The number of carbonyl (C=O) groups is 2. The molecule has 0 aliphatic heterocycles. The molecule has 1 N–H and O–H groups in total. The van der Waals surface area contributed by atoms with Gasteiger partial charge in [0.2, 0.25) is 0 Å². The van der Waals surface area contributed by atoms with Gasteiger partial charge in [-0.1, -0.05) is 19.1 Å². The number of benzene rings is 2. The Morgan fingerprint density at radius 3 is 2.42 bits per heavy atom. The van der Waals surface area contributed by atoms with Gasteiger partial charge < -0.3 is 14.8 Å². The first kappa shape index (κ1) is 17.5. The number of aryl methyl sites for hydroxylation is 1. The van der Waals surface area contributed by atoms with E-state index < -0.39 is 24.3 Å². The van der Waals surface area contributed by atoms with Gasteiger partial charge in [-0.3, -0.25) is 4.79 Å². The van der Waals surface area contributed by atoms with Gasteiger partial charge in [-0.2, -0.15) is 0 Å². The summed E-state index contributed by atoms with van der Waals surface area (Å²) in [6.45, 7) is 1.53. The quantitative estimate of drug-likeness (QED) is 0.826. The summed E-state index contributed by atoms with van der Waals surface area (Å²) in [5, 5.41) is 2.60. The first-order chi connectivity index (χ1) is 11.5. The van der Waals surface area contributed by atoms with Gasteiger partial charge in [0.05, 0.1) is 12.7 Å². The minimum absolute atomic E-state index is 0.254. The van der Waals surface area contributed by atoms with E-state index in [1.54, 1.807) is 12.1 Å². The molecule has 0 heterocycles. The number of nitrogens with one attached hydrogen (secondary N) is 1. The number of carbonyl (C=O) groups excluding carboxylic acids is 2. The van der Waals surface area contributed by atoms with Crippen molar-refractivity contribution in [2.75, 3.05) is 19.0 Å². The van der Waals surface area contributed by atoms with Crippen molar-refractivity contribution in [2.45, 2.75) is 13.3 Å². The second-order valence-corrected chi connectivity index (χ2v) is 5.02. The molecular formula is C18H18FNO4. The summed E-state index contributed by atoms with van der Waals surface area (Å²) >= 11 is 0. The van der Waals surface area contributed by atoms with E-state index in [4.69, 9.17) is 9.47 Å². The van der Waals surface area contributed by atoms with E-state index in [1.165, 1.54) is 19.2 Å². The van der Waals surface area contributed by atoms with Crippen LogP contribution in [0.25, 0.3) is 0 Å². The highest BCUT2D eigenvalue weighted by Gasteiger charge is 2.15. The number of methoxy groups -OCH3 is 1. The molecule has 0 unspecified atom stereocenters. The van der Waals surface area contributed by atoms with E-state index in [2.05, 4.69) is 5.32 Å². The molecule has 1 amide bonds. The molecule has 2 aromatic carbocycles. The minimum Gasteiger partial charge on any atom is -0.497 e. The van der Waals surface area contributed by atoms with Crippen molar-refractivity contribution in [3.63, 3.8) is 0 Å². The fourth-order valence-electron chi connectivity index (χ4n) is 2.02. The Labute approximate surface area is 139 Å². The van der Waals surface area contributed by atoms with Crippen LogP contribution in [0, 0.1) is 5.82 Å². The molecule has 0 aromatic heterocycles. The summed E-state index contributed by atoms with van der Waals surface area (Å²) in [4.78, 5) is 23.6. The van der Waals surface area contributed by atoms with Crippen LogP contribution in [0.15, 0.2) is 42.5 Å². The normalized spacial score (nSPS) is 10.1. The number of anilines is 1. The monoisotopic (exact) mass is 331 g/mol. The number of ether oxygens (including phenoxy) is 2. The predicted octanol–water partition coefficient (Wildman–Crippen LogP) is 3.19. The van der Waals surface area contributed by atoms with Crippen LogP contribution in [0.2, 0.25) is 0 Å². The number of esters is 1.